The molecule has 0 radical (unpaired) electrons. The standard InChI is InChI=1S/C15H16ClNO2/c1-2-9-17(13-5-6-13)14-7-4-12(16)10-11(14)3-8-15(18)19/h2-4,7-8,10,13H,1,5-6,9H2,(H,18,19)/b8-3+. The number of rotatable bonds is 6. The second kappa shape index (κ2) is 5.93. The number of nitrogens with zero attached hydrogens (tertiary/aromatic N) is 1. The Morgan fingerprint density at radius 2 is 2.26 bits per heavy atom. The zero-order valence-corrected chi connectivity index (χ0v) is 11.3. The van der Waals surface area contributed by atoms with Crippen LogP contribution in [0.3, 0.4) is 0 Å². The maximum absolute atomic E-state index is 10.7. The van der Waals surface area contributed by atoms with Crippen LogP contribution in [-0.4, -0.2) is 23.7 Å². The van der Waals surface area contributed by atoms with Crippen LogP contribution in [0, 0.1) is 0 Å². The van der Waals surface area contributed by atoms with Gasteiger partial charge in [-0.1, -0.05) is 17.7 Å². The Morgan fingerprint density at radius 3 is 2.84 bits per heavy atom. The van der Waals surface area contributed by atoms with Crippen LogP contribution in [0.25, 0.3) is 6.08 Å². The highest BCUT2D eigenvalue weighted by atomic mass is 35.5. The molecule has 0 aliphatic heterocycles. The van der Waals surface area contributed by atoms with Crippen LogP contribution in [0.5, 0.6) is 0 Å². The van der Waals surface area contributed by atoms with Crippen molar-refractivity contribution in [2.45, 2.75) is 18.9 Å². The number of carboxylic acid groups (broad SMARTS) is 1. The van der Waals surface area contributed by atoms with Crippen LogP contribution in [0.2, 0.25) is 5.02 Å². The molecule has 3 nitrogen and oxygen atoms in total. The topological polar surface area (TPSA) is 40.5 Å². The molecule has 1 N–H and O–H groups in total. The molecular formula is C15H16ClNO2. The van der Waals surface area contributed by atoms with Gasteiger partial charge in [-0.15, -0.1) is 6.58 Å². The van der Waals surface area contributed by atoms with E-state index in [4.69, 9.17) is 16.7 Å². The lowest BCUT2D eigenvalue weighted by Crippen LogP contribution is -2.26. The third kappa shape index (κ3) is 3.61. The molecule has 0 unspecified atom stereocenters. The van der Waals surface area contributed by atoms with E-state index in [-0.39, 0.29) is 0 Å². The molecule has 0 amide bonds. The van der Waals surface area contributed by atoms with Crippen LogP contribution >= 0.6 is 11.6 Å². The summed E-state index contributed by atoms with van der Waals surface area (Å²) in [4.78, 5) is 12.9. The Kier molecular flexibility index (Phi) is 4.27. The average Bonchev–Trinajstić information content (AvgIpc) is 3.18. The monoisotopic (exact) mass is 277 g/mol. The lowest BCUT2D eigenvalue weighted by atomic mass is 10.1. The molecule has 0 aromatic heterocycles. The summed E-state index contributed by atoms with van der Waals surface area (Å²) in [7, 11) is 0. The van der Waals surface area contributed by atoms with Gasteiger partial charge in [0.05, 0.1) is 0 Å². The van der Waals surface area contributed by atoms with Crippen molar-refractivity contribution in [3.8, 4) is 0 Å². The van der Waals surface area contributed by atoms with Crippen molar-refractivity contribution in [1.29, 1.82) is 0 Å². The van der Waals surface area contributed by atoms with Crippen molar-refractivity contribution >= 4 is 29.3 Å². The van der Waals surface area contributed by atoms with E-state index in [9.17, 15) is 4.79 Å². The molecule has 1 aliphatic carbocycles. The highest BCUT2D eigenvalue weighted by Gasteiger charge is 2.29. The number of aliphatic carboxylic acids is 1. The summed E-state index contributed by atoms with van der Waals surface area (Å²) in [6.07, 6.45) is 6.91. The molecular weight excluding hydrogens is 262 g/mol. The van der Waals surface area contributed by atoms with Crippen LogP contribution < -0.4 is 4.90 Å². The van der Waals surface area contributed by atoms with Crippen LogP contribution in [0.15, 0.2) is 36.9 Å². The van der Waals surface area contributed by atoms with E-state index in [0.29, 0.717) is 11.1 Å². The highest BCUT2D eigenvalue weighted by Crippen LogP contribution is 2.35. The first-order valence-electron chi connectivity index (χ1n) is 6.20. The van der Waals surface area contributed by atoms with E-state index in [1.165, 1.54) is 12.8 Å². The Balaban J connectivity index is 2.36. The smallest absolute Gasteiger partial charge is 0.328 e. The van der Waals surface area contributed by atoms with E-state index >= 15 is 0 Å². The van der Waals surface area contributed by atoms with Gasteiger partial charge in [-0.2, -0.15) is 0 Å². The minimum Gasteiger partial charge on any atom is -0.478 e. The number of carboxylic acids is 1. The molecule has 1 aliphatic rings. The van der Waals surface area contributed by atoms with Crippen molar-refractivity contribution in [3.05, 3.63) is 47.5 Å². The van der Waals surface area contributed by atoms with Gasteiger partial charge in [0.25, 0.3) is 0 Å². The van der Waals surface area contributed by atoms with Gasteiger partial charge in [-0.05, 0) is 42.7 Å². The molecule has 0 atom stereocenters. The van der Waals surface area contributed by atoms with Crippen molar-refractivity contribution in [1.82, 2.24) is 0 Å². The maximum Gasteiger partial charge on any atom is 0.328 e. The fraction of sp³-hybridized carbons (Fsp3) is 0.267. The summed E-state index contributed by atoms with van der Waals surface area (Å²) >= 11 is 5.99. The van der Waals surface area contributed by atoms with Crippen molar-refractivity contribution in [2.75, 3.05) is 11.4 Å². The largest absolute Gasteiger partial charge is 0.478 e. The molecule has 2 rings (SSSR count). The fourth-order valence-electron chi connectivity index (χ4n) is 2.05. The summed E-state index contributed by atoms with van der Waals surface area (Å²) < 4.78 is 0. The number of hydrogen-bond donors (Lipinski definition) is 1. The highest BCUT2D eigenvalue weighted by molar-refractivity contribution is 6.30. The minimum atomic E-state index is -0.965. The third-order valence-electron chi connectivity index (χ3n) is 3.02. The average molecular weight is 278 g/mol. The summed E-state index contributed by atoms with van der Waals surface area (Å²) in [5, 5.41) is 9.35. The Hall–Kier alpha value is -1.74. The molecule has 1 aromatic carbocycles. The van der Waals surface area contributed by atoms with E-state index < -0.39 is 5.97 Å². The maximum atomic E-state index is 10.7. The molecule has 0 spiro atoms. The molecule has 0 heterocycles. The fourth-order valence-corrected chi connectivity index (χ4v) is 2.23. The summed E-state index contributed by atoms with van der Waals surface area (Å²) in [6.45, 7) is 4.53. The van der Waals surface area contributed by atoms with Crippen molar-refractivity contribution < 1.29 is 9.90 Å². The van der Waals surface area contributed by atoms with Gasteiger partial charge in [0.2, 0.25) is 0 Å². The van der Waals surface area contributed by atoms with Gasteiger partial charge in [0.15, 0.2) is 0 Å². The molecule has 0 saturated heterocycles. The van der Waals surface area contributed by atoms with E-state index in [2.05, 4.69) is 11.5 Å². The molecule has 1 saturated carbocycles. The zero-order chi connectivity index (χ0) is 13.8. The van der Waals surface area contributed by atoms with Crippen LogP contribution in [0.1, 0.15) is 18.4 Å². The second-order valence-electron chi connectivity index (χ2n) is 4.55. The first-order valence-corrected chi connectivity index (χ1v) is 6.57. The zero-order valence-electron chi connectivity index (χ0n) is 10.6. The van der Waals surface area contributed by atoms with Gasteiger partial charge >= 0.3 is 5.97 Å². The molecule has 1 aromatic rings. The van der Waals surface area contributed by atoms with E-state index in [0.717, 1.165) is 23.9 Å². The Labute approximate surface area is 117 Å². The van der Waals surface area contributed by atoms with E-state index in [1.807, 2.05) is 18.2 Å². The van der Waals surface area contributed by atoms with Gasteiger partial charge in [0.1, 0.15) is 0 Å². The van der Waals surface area contributed by atoms with Gasteiger partial charge in [0, 0.05) is 29.4 Å². The molecule has 100 valence electrons. The predicted molar refractivity (Wildman–Crippen MR) is 78.7 cm³/mol. The number of anilines is 1. The second-order valence-corrected chi connectivity index (χ2v) is 4.98. The molecule has 1 fully saturated rings. The lowest BCUT2D eigenvalue weighted by Gasteiger charge is -2.25. The normalized spacial score (nSPS) is 14.6. The molecule has 19 heavy (non-hydrogen) atoms. The quantitative estimate of drug-likeness (QED) is 0.638. The third-order valence-corrected chi connectivity index (χ3v) is 3.25. The summed E-state index contributed by atoms with van der Waals surface area (Å²) in [6, 6.07) is 6.07. The minimum absolute atomic E-state index is 0.524. The number of halogens is 1. The van der Waals surface area contributed by atoms with Crippen LogP contribution in [-0.2, 0) is 4.79 Å². The van der Waals surface area contributed by atoms with E-state index in [1.54, 1.807) is 12.1 Å². The van der Waals surface area contributed by atoms with Crippen molar-refractivity contribution in [3.63, 3.8) is 0 Å². The number of hydrogen-bond acceptors (Lipinski definition) is 2. The van der Waals surface area contributed by atoms with Gasteiger partial charge in [-0.25, -0.2) is 4.79 Å². The van der Waals surface area contributed by atoms with Gasteiger partial charge < -0.3 is 10.0 Å². The van der Waals surface area contributed by atoms with Crippen LogP contribution in [0.4, 0.5) is 5.69 Å². The number of carbonyl (C=O) groups is 1. The Morgan fingerprint density at radius 1 is 1.53 bits per heavy atom. The molecule has 4 heteroatoms. The summed E-state index contributed by atoms with van der Waals surface area (Å²) in [5.74, 6) is -0.965. The van der Waals surface area contributed by atoms with Gasteiger partial charge in [-0.3, -0.25) is 0 Å². The predicted octanol–water partition coefficient (Wildman–Crippen LogP) is 3.59. The lowest BCUT2D eigenvalue weighted by molar-refractivity contribution is -0.131. The Bertz CT molecular complexity index is 521. The SMILES string of the molecule is C=CCN(c1ccc(Cl)cc1/C=C/C(=O)O)C1CC1. The first kappa shape index (κ1) is 13.7. The number of benzene rings is 1. The van der Waals surface area contributed by atoms with Crippen molar-refractivity contribution in [2.24, 2.45) is 0 Å². The first-order chi connectivity index (χ1) is 9.11. The molecule has 0 bridgehead atoms. The summed E-state index contributed by atoms with van der Waals surface area (Å²) in [5.41, 5.74) is 1.83.